The molecule has 0 fully saturated rings. The number of carbonyl (C=O) groups excluding carboxylic acids is 1. The maximum Gasteiger partial charge on any atom is 0.243 e. The van der Waals surface area contributed by atoms with E-state index in [4.69, 9.17) is 0 Å². The number of benzene rings is 2. The summed E-state index contributed by atoms with van der Waals surface area (Å²) in [5, 5.41) is 12.8. The Bertz CT molecular complexity index is 2120. The van der Waals surface area contributed by atoms with Crippen molar-refractivity contribution in [2.24, 2.45) is 0 Å². The van der Waals surface area contributed by atoms with E-state index in [2.05, 4.69) is 117 Å². The smallest absolute Gasteiger partial charge is 0.243 e. The van der Waals surface area contributed by atoms with E-state index in [0.717, 1.165) is 96.8 Å². The molecule has 0 spiro atoms. The molecule has 1 N–H and O–H groups in total. The molecule has 0 atom stereocenters. The number of rotatable bonds is 13. The van der Waals surface area contributed by atoms with Crippen molar-refractivity contribution in [3.05, 3.63) is 114 Å². The summed E-state index contributed by atoms with van der Waals surface area (Å²) in [7, 11) is 0. The number of aryl methyl sites for hydroxylation is 4. The zero-order valence-electron chi connectivity index (χ0n) is 28.7. The second kappa shape index (κ2) is 13.3. The Balaban J connectivity index is 1.21. The van der Waals surface area contributed by atoms with Crippen LogP contribution in [-0.4, -0.2) is 41.4 Å². The highest BCUT2D eigenvalue weighted by molar-refractivity contribution is 6.47. The van der Waals surface area contributed by atoms with E-state index >= 15 is 0 Å². The Morgan fingerprint density at radius 1 is 0.729 bits per heavy atom. The topological polar surface area (TPSA) is 62.9 Å². The first-order valence-electron chi connectivity index (χ1n) is 17.5. The number of imidazole rings is 2. The number of hydrogen-bond donors (Lipinski definition) is 1. The molecule has 0 bridgehead atoms. The molecule has 5 aromatic rings. The van der Waals surface area contributed by atoms with E-state index in [1.807, 2.05) is 24.3 Å². The Labute approximate surface area is 282 Å². The van der Waals surface area contributed by atoms with Gasteiger partial charge in [0.15, 0.2) is 12.3 Å². The summed E-state index contributed by atoms with van der Waals surface area (Å²) in [5.74, 6) is 0.0102. The highest BCUT2D eigenvalue weighted by atomic mass is 16.3. The van der Waals surface area contributed by atoms with Gasteiger partial charge in [-0.05, 0) is 31.9 Å². The maximum absolute atomic E-state index is 14.2. The molecule has 0 radical (unpaired) electrons. The van der Waals surface area contributed by atoms with Crippen molar-refractivity contribution in [3.63, 3.8) is 0 Å². The van der Waals surface area contributed by atoms with E-state index in [0.29, 0.717) is 11.1 Å². The normalized spacial score (nSPS) is 16.0. The fraction of sp³-hybridized carbons (Fsp3) is 0.350. The molecule has 8 heteroatoms. The molecule has 3 aromatic heterocycles. The highest BCUT2D eigenvalue weighted by Gasteiger charge is 2.45. The van der Waals surface area contributed by atoms with Crippen LogP contribution in [0.25, 0.3) is 22.0 Å². The second-order valence-corrected chi connectivity index (χ2v) is 13.2. The summed E-state index contributed by atoms with van der Waals surface area (Å²) in [6.07, 6.45) is 17.5. The van der Waals surface area contributed by atoms with E-state index in [1.165, 1.54) is 12.8 Å². The van der Waals surface area contributed by atoms with E-state index in [9.17, 15) is 9.90 Å². The fourth-order valence-electron chi connectivity index (χ4n) is 7.45. The van der Waals surface area contributed by atoms with Crippen LogP contribution >= 0.6 is 0 Å². The molecule has 1 aliphatic heterocycles. The molecule has 0 saturated heterocycles. The lowest BCUT2D eigenvalue weighted by atomic mass is 9.78. The summed E-state index contributed by atoms with van der Waals surface area (Å²) < 4.78 is 13.5. The lowest BCUT2D eigenvalue weighted by Gasteiger charge is -2.23. The minimum Gasteiger partial charge on any atom is -0.506 e. The largest absolute Gasteiger partial charge is 0.506 e. The van der Waals surface area contributed by atoms with Gasteiger partial charge in [-0.15, -0.1) is 0 Å². The summed E-state index contributed by atoms with van der Waals surface area (Å²) in [6.45, 7) is 13.8. The number of fused-ring (bicyclic) bond motifs is 2. The van der Waals surface area contributed by atoms with Crippen LogP contribution in [0.15, 0.2) is 97.3 Å². The number of aromatic nitrogens is 5. The molecule has 2 aromatic carbocycles. The molecule has 2 aliphatic rings. The molecule has 0 saturated carbocycles. The molecule has 0 unspecified atom stereocenters. The van der Waals surface area contributed by atoms with Gasteiger partial charge in [-0.2, -0.15) is 4.58 Å². The van der Waals surface area contributed by atoms with Crippen LogP contribution in [-0.2, 0) is 37.5 Å². The Hall–Kier alpha value is -4.98. The van der Waals surface area contributed by atoms with Gasteiger partial charge in [0.05, 0.1) is 41.9 Å². The number of allylic oxidation sites excluding steroid dienone is 3. The third-order valence-electron chi connectivity index (χ3n) is 10.1. The first-order valence-corrected chi connectivity index (χ1v) is 17.5. The first-order chi connectivity index (χ1) is 23.4. The number of ketones is 1. The summed E-state index contributed by atoms with van der Waals surface area (Å²) >= 11 is 0. The second-order valence-electron chi connectivity index (χ2n) is 13.2. The van der Waals surface area contributed by atoms with Gasteiger partial charge >= 0.3 is 0 Å². The van der Waals surface area contributed by atoms with E-state index in [1.54, 1.807) is 0 Å². The number of nitrogens with zero attached hydrogens (tertiary/aromatic N) is 6. The van der Waals surface area contributed by atoms with Crippen LogP contribution in [0.5, 0.6) is 0 Å². The van der Waals surface area contributed by atoms with Crippen LogP contribution in [0.4, 0.5) is 5.69 Å². The van der Waals surface area contributed by atoms with Gasteiger partial charge in [0.1, 0.15) is 43.6 Å². The molecule has 48 heavy (non-hydrogen) atoms. The molecule has 246 valence electrons. The minimum atomic E-state index is -0.0887. The number of aliphatic hydroxyl groups excluding tert-OH is 1. The molecule has 1 aliphatic carbocycles. The third kappa shape index (κ3) is 5.53. The van der Waals surface area contributed by atoms with Crippen LogP contribution < -0.4 is 9.13 Å². The number of aliphatic hydroxyl groups is 1. The van der Waals surface area contributed by atoms with Gasteiger partial charge in [0.25, 0.3) is 0 Å². The number of hydrogen-bond acceptors (Lipinski definition) is 2. The average molecular weight is 644 g/mol. The van der Waals surface area contributed by atoms with Crippen molar-refractivity contribution in [3.8, 4) is 0 Å². The number of para-hydroxylation sites is 2. The standard InChI is InChI=1S/C40H46N6O2/c1-5-7-17-41-19-21-43(27-41)23-25-45-29(3)35(31-13-9-11-15-33(31)45)37-39(47)38(40(37)48)36-30(4)46(34-16-12-10-14-32(34)36)26-24-44-22-20-42(28-44)18-8-6-2/h9-16,19-22,27-28H,5-8,17-18,23-26H2,1-4H3/q+2/p+1. The third-order valence-corrected chi connectivity index (χ3v) is 10.1. The lowest BCUT2D eigenvalue weighted by molar-refractivity contribution is -0.697. The van der Waals surface area contributed by atoms with Crippen LogP contribution in [0.1, 0.15) is 63.3 Å². The summed E-state index contributed by atoms with van der Waals surface area (Å²) in [6, 6.07) is 16.5. The van der Waals surface area contributed by atoms with Gasteiger partial charge < -0.3 is 9.67 Å². The Morgan fingerprint density at radius 3 is 2.06 bits per heavy atom. The Kier molecular flexibility index (Phi) is 8.73. The van der Waals surface area contributed by atoms with Gasteiger partial charge in [0, 0.05) is 35.2 Å². The molecule has 7 rings (SSSR count). The molecular formula is C40H47N6O2+3. The molecule has 8 nitrogen and oxygen atoms in total. The van der Waals surface area contributed by atoms with E-state index < -0.39 is 0 Å². The fourth-order valence-corrected chi connectivity index (χ4v) is 7.45. The average Bonchev–Trinajstić information content (AvgIpc) is 3.87. The van der Waals surface area contributed by atoms with Gasteiger partial charge in [-0.25, -0.2) is 18.3 Å². The highest BCUT2D eigenvalue weighted by Crippen LogP contribution is 2.47. The monoisotopic (exact) mass is 643 g/mol. The summed E-state index contributed by atoms with van der Waals surface area (Å²) in [5.41, 5.74) is 7.68. The van der Waals surface area contributed by atoms with Crippen LogP contribution in [0, 0.1) is 6.92 Å². The SMILES string of the molecule is CCCC[n+]1ccn(CCn2c(C)c(C3=C(O)C(=C4C(C)=[N+](CCn5cc[n+](CCCC)c5)c5ccccc54)C3=O)c3ccccc32)c1. The van der Waals surface area contributed by atoms with Gasteiger partial charge in [-0.3, -0.25) is 4.79 Å². The van der Waals surface area contributed by atoms with Gasteiger partial charge in [-0.1, -0.05) is 57.0 Å². The predicted molar refractivity (Wildman–Crippen MR) is 189 cm³/mol. The number of carbonyl (C=O) groups is 1. The minimum absolute atomic E-state index is 0.0887. The van der Waals surface area contributed by atoms with Crippen LogP contribution in [0.2, 0.25) is 0 Å². The number of unbranched alkanes of at least 4 members (excludes halogenated alkanes) is 2. The zero-order chi connectivity index (χ0) is 33.4. The van der Waals surface area contributed by atoms with Crippen molar-refractivity contribution < 1.29 is 23.6 Å². The maximum atomic E-state index is 14.2. The molecule has 0 amide bonds. The zero-order valence-corrected chi connectivity index (χ0v) is 28.7. The van der Waals surface area contributed by atoms with Crippen molar-refractivity contribution in [2.75, 3.05) is 6.54 Å². The molecular weight excluding hydrogens is 596 g/mol. The van der Waals surface area contributed by atoms with Crippen molar-refractivity contribution in [2.45, 2.75) is 86.1 Å². The number of Topliss-reactive ketones (excluding diaryl/α,β-unsaturated/α-hetero) is 1. The lowest BCUT2D eigenvalue weighted by Crippen LogP contribution is -2.31. The van der Waals surface area contributed by atoms with Crippen molar-refractivity contribution in [1.82, 2.24) is 13.7 Å². The Morgan fingerprint density at radius 2 is 1.38 bits per heavy atom. The van der Waals surface area contributed by atoms with Crippen LogP contribution in [0.3, 0.4) is 0 Å². The predicted octanol–water partition coefficient (Wildman–Crippen LogP) is 6.55. The molecule has 4 heterocycles. The first kappa shape index (κ1) is 31.6. The van der Waals surface area contributed by atoms with E-state index in [-0.39, 0.29) is 11.5 Å². The quantitative estimate of drug-likeness (QED) is 0.117. The summed E-state index contributed by atoms with van der Waals surface area (Å²) in [4.78, 5) is 14.2. The van der Waals surface area contributed by atoms with Crippen molar-refractivity contribution >= 4 is 39.2 Å². The van der Waals surface area contributed by atoms with Gasteiger partial charge in [0.2, 0.25) is 24.1 Å². The van der Waals surface area contributed by atoms with Crippen molar-refractivity contribution in [1.29, 1.82) is 0 Å².